The summed E-state index contributed by atoms with van der Waals surface area (Å²) in [6.07, 6.45) is 9.88. The number of hydrogen-bond donors (Lipinski definition) is 0. The molecule has 2 heteroatoms. The molecule has 0 fully saturated rings. The minimum absolute atomic E-state index is 0.174. The molecule has 1 atom stereocenters. The normalized spacial score (nSPS) is 14.0. The zero-order valence-electron chi connectivity index (χ0n) is 17.9. The first-order valence-electron chi connectivity index (χ1n) is 10.4. The first-order chi connectivity index (χ1) is 13.4. The van der Waals surface area contributed by atoms with Crippen LogP contribution in [0, 0.1) is 12.3 Å². The summed E-state index contributed by atoms with van der Waals surface area (Å²) in [5.74, 6) is 0. The van der Waals surface area contributed by atoms with E-state index in [9.17, 15) is 0 Å². The predicted octanol–water partition coefficient (Wildman–Crippen LogP) is 7.77. The van der Waals surface area contributed by atoms with Gasteiger partial charge in [0, 0.05) is 10.6 Å². The first kappa shape index (κ1) is 22.9. The minimum Gasteiger partial charge on any atom is -0.256 e. The van der Waals surface area contributed by atoms with Crippen molar-refractivity contribution in [1.82, 2.24) is 4.98 Å². The highest BCUT2D eigenvalue weighted by Gasteiger charge is 2.29. The van der Waals surface area contributed by atoms with E-state index >= 15 is 0 Å². The van der Waals surface area contributed by atoms with Crippen LogP contribution in [0.5, 0.6) is 0 Å². The van der Waals surface area contributed by atoms with E-state index in [0.29, 0.717) is 0 Å². The number of hydrogen-bond acceptors (Lipinski definition) is 1. The summed E-state index contributed by atoms with van der Waals surface area (Å²) in [6.45, 7) is 13.4. The smallest absolute Gasteiger partial charge is 0.0699 e. The molecule has 1 aromatic carbocycles. The van der Waals surface area contributed by atoms with Crippen molar-refractivity contribution in [3.63, 3.8) is 0 Å². The van der Waals surface area contributed by atoms with Gasteiger partial charge in [-0.15, -0.1) is 0 Å². The van der Waals surface area contributed by atoms with E-state index in [0.717, 1.165) is 28.5 Å². The quantitative estimate of drug-likeness (QED) is 0.190. The monoisotopic (exact) mass is 487 g/mol. The van der Waals surface area contributed by atoms with E-state index in [4.69, 9.17) is 4.98 Å². The summed E-state index contributed by atoms with van der Waals surface area (Å²) < 4.78 is 1.16. The Kier molecular flexibility index (Phi) is 8.94. The van der Waals surface area contributed by atoms with Crippen LogP contribution in [-0.2, 0) is 12.8 Å². The maximum atomic E-state index is 4.77. The van der Waals surface area contributed by atoms with Gasteiger partial charge in [-0.3, -0.25) is 4.98 Å². The van der Waals surface area contributed by atoms with Crippen molar-refractivity contribution >= 4 is 28.2 Å². The fourth-order valence-corrected chi connectivity index (χ4v) is 5.28. The highest BCUT2D eigenvalue weighted by atomic mass is 127. The average Bonchev–Trinajstić information content (AvgIpc) is 2.67. The van der Waals surface area contributed by atoms with Gasteiger partial charge in [0.1, 0.15) is 0 Å². The highest BCUT2D eigenvalue weighted by Crippen LogP contribution is 2.42. The van der Waals surface area contributed by atoms with Gasteiger partial charge in [0.2, 0.25) is 0 Å². The molecule has 0 saturated heterocycles. The SMILES string of the molecule is C=C(/C(=C/C)C(C)(CCC)CCI)c1ccc(CCc2cccc(C)c2)cn1. The fraction of sp³-hybridized carbons (Fsp3) is 0.423. The molecule has 0 aliphatic heterocycles. The molecule has 0 spiro atoms. The topological polar surface area (TPSA) is 12.9 Å². The van der Waals surface area contributed by atoms with E-state index in [1.807, 2.05) is 6.20 Å². The molecule has 1 unspecified atom stereocenters. The number of halogens is 1. The minimum atomic E-state index is 0.174. The Labute approximate surface area is 185 Å². The number of allylic oxidation sites excluding steroid dienone is 3. The lowest BCUT2D eigenvalue weighted by molar-refractivity contribution is 0.362. The number of alkyl halides is 1. The standard InChI is InChI=1S/C26H34IN/c1-6-15-26(5,16-17-27)24(7-2)21(4)25-14-13-23(19-28-25)12-11-22-10-8-9-20(3)18-22/h7-10,13-14,18-19H,4,6,11-12,15-17H2,1-3,5H3/b24-7-. The van der Waals surface area contributed by atoms with E-state index < -0.39 is 0 Å². The van der Waals surface area contributed by atoms with Gasteiger partial charge in [-0.25, -0.2) is 0 Å². The Bertz CT molecular complexity index is 795. The molecule has 1 nitrogen and oxygen atoms in total. The highest BCUT2D eigenvalue weighted by molar-refractivity contribution is 14.1. The van der Waals surface area contributed by atoms with Crippen molar-refractivity contribution in [2.75, 3.05) is 4.43 Å². The van der Waals surface area contributed by atoms with Crippen molar-refractivity contribution in [2.45, 2.75) is 59.8 Å². The van der Waals surface area contributed by atoms with Crippen molar-refractivity contribution in [3.8, 4) is 0 Å². The van der Waals surface area contributed by atoms with E-state index in [2.05, 4.69) is 99.3 Å². The van der Waals surface area contributed by atoms with Gasteiger partial charge >= 0.3 is 0 Å². The second-order valence-corrected chi connectivity index (χ2v) is 9.05. The van der Waals surface area contributed by atoms with Crippen molar-refractivity contribution < 1.29 is 0 Å². The van der Waals surface area contributed by atoms with Crippen molar-refractivity contribution in [2.24, 2.45) is 5.41 Å². The molecular weight excluding hydrogens is 453 g/mol. The Morgan fingerprint density at radius 2 is 1.89 bits per heavy atom. The van der Waals surface area contributed by atoms with Crippen LogP contribution in [0.2, 0.25) is 0 Å². The zero-order chi connectivity index (χ0) is 20.6. The van der Waals surface area contributed by atoms with Gasteiger partial charge in [-0.2, -0.15) is 0 Å². The maximum Gasteiger partial charge on any atom is 0.0699 e. The molecule has 0 bridgehead atoms. The van der Waals surface area contributed by atoms with Gasteiger partial charge in [0.25, 0.3) is 0 Å². The lowest BCUT2D eigenvalue weighted by atomic mass is 9.72. The van der Waals surface area contributed by atoms with Crippen LogP contribution >= 0.6 is 22.6 Å². The summed E-state index contributed by atoms with van der Waals surface area (Å²) >= 11 is 2.49. The molecule has 28 heavy (non-hydrogen) atoms. The number of pyridine rings is 1. The molecule has 2 rings (SSSR count). The van der Waals surface area contributed by atoms with E-state index in [1.54, 1.807) is 0 Å². The Hall–Kier alpha value is -1.42. The summed E-state index contributed by atoms with van der Waals surface area (Å²) in [5, 5.41) is 0. The van der Waals surface area contributed by atoms with Crippen LogP contribution in [0.1, 0.15) is 62.4 Å². The molecule has 0 saturated carbocycles. The van der Waals surface area contributed by atoms with Crippen LogP contribution in [0.15, 0.2) is 60.8 Å². The Balaban J connectivity index is 2.11. The van der Waals surface area contributed by atoms with E-state index in [-0.39, 0.29) is 5.41 Å². The van der Waals surface area contributed by atoms with Crippen molar-refractivity contribution in [3.05, 3.63) is 83.2 Å². The third-order valence-corrected chi connectivity index (χ3v) is 6.17. The first-order valence-corrected chi connectivity index (χ1v) is 11.9. The predicted molar refractivity (Wildman–Crippen MR) is 132 cm³/mol. The lowest BCUT2D eigenvalue weighted by Crippen LogP contribution is -2.21. The molecule has 2 aromatic rings. The van der Waals surface area contributed by atoms with Crippen LogP contribution in [0.4, 0.5) is 0 Å². The summed E-state index contributed by atoms with van der Waals surface area (Å²) in [6, 6.07) is 13.1. The summed E-state index contributed by atoms with van der Waals surface area (Å²) in [7, 11) is 0. The molecule has 1 heterocycles. The van der Waals surface area contributed by atoms with Gasteiger partial charge in [0.05, 0.1) is 5.69 Å². The van der Waals surface area contributed by atoms with E-state index in [1.165, 1.54) is 41.5 Å². The molecule has 150 valence electrons. The van der Waals surface area contributed by atoms with Gasteiger partial charge in [-0.1, -0.05) is 91.4 Å². The second kappa shape index (κ2) is 10.9. The maximum absolute atomic E-state index is 4.77. The lowest BCUT2D eigenvalue weighted by Gasteiger charge is -2.33. The molecule has 0 aliphatic carbocycles. The Morgan fingerprint density at radius 1 is 1.14 bits per heavy atom. The van der Waals surface area contributed by atoms with Crippen molar-refractivity contribution in [1.29, 1.82) is 0 Å². The van der Waals surface area contributed by atoms with Gasteiger partial charge in [-0.05, 0) is 73.3 Å². The van der Waals surface area contributed by atoms with Gasteiger partial charge < -0.3 is 0 Å². The van der Waals surface area contributed by atoms with Crippen LogP contribution in [0.25, 0.3) is 5.57 Å². The number of nitrogens with zero attached hydrogens (tertiary/aromatic N) is 1. The van der Waals surface area contributed by atoms with Crippen LogP contribution < -0.4 is 0 Å². The van der Waals surface area contributed by atoms with Crippen LogP contribution in [-0.4, -0.2) is 9.41 Å². The number of benzene rings is 1. The zero-order valence-corrected chi connectivity index (χ0v) is 20.1. The molecule has 0 aliphatic rings. The van der Waals surface area contributed by atoms with Gasteiger partial charge in [0.15, 0.2) is 0 Å². The largest absolute Gasteiger partial charge is 0.256 e. The molecular formula is C26H34IN. The molecule has 0 amide bonds. The third-order valence-electron chi connectivity index (χ3n) is 5.63. The second-order valence-electron chi connectivity index (χ2n) is 7.97. The molecule has 0 radical (unpaired) electrons. The van der Waals surface area contributed by atoms with Crippen LogP contribution in [0.3, 0.4) is 0 Å². The number of aromatic nitrogens is 1. The summed E-state index contributed by atoms with van der Waals surface area (Å²) in [4.78, 5) is 4.77. The number of rotatable bonds is 10. The average molecular weight is 487 g/mol. The fourth-order valence-electron chi connectivity index (χ4n) is 4.09. The molecule has 1 aromatic heterocycles. The molecule has 0 N–H and O–H groups in total. The Morgan fingerprint density at radius 3 is 2.46 bits per heavy atom. The number of aryl methyl sites for hydroxylation is 3. The third kappa shape index (κ3) is 6.04. The summed E-state index contributed by atoms with van der Waals surface area (Å²) in [5.41, 5.74) is 7.60.